The zero-order valence-electron chi connectivity index (χ0n) is 15.1. The number of amides is 2. The molecule has 0 saturated heterocycles. The van der Waals surface area contributed by atoms with Gasteiger partial charge in [-0.05, 0) is 48.2 Å². The lowest BCUT2D eigenvalue weighted by molar-refractivity contribution is -0.119. The smallest absolute Gasteiger partial charge is 0.338 e. The van der Waals surface area contributed by atoms with Crippen LogP contribution in [0.25, 0.3) is 0 Å². The Hall–Kier alpha value is -3.45. The Morgan fingerprint density at radius 2 is 1.79 bits per heavy atom. The second-order valence-electron chi connectivity index (χ2n) is 5.95. The molecule has 0 saturated carbocycles. The lowest BCUT2D eigenvalue weighted by Crippen LogP contribution is -2.21. The minimum absolute atomic E-state index is 0.243. The van der Waals surface area contributed by atoms with E-state index in [4.69, 9.17) is 4.74 Å². The molecule has 0 aliphatic carbocycles. The van der Waals surface area contributed by atoms with Crippen molar-refractivity contribution in [1.29, 1.82) is 0 Å². The molecule has 2 aromatic carbocycles. The van der Waals surface area contributed by atoms with Crippen LogP contribution in [-0.2, 0) is 9.53 Å². The predicted molar refractivity (Wildman–Crippen MR) is 109 cm³/mol. The lowest BCUT2D eigenvalue weighted by atomic mass is 10.2. The van der Waals surface area contributed by atoms with Crippen LogP contribution in [0.15, 0.2) is 66.0 Å². The molecule has 2 N–H and O–H groups in total. The number of benzene rings is 2. The van der Waals surface area contributed by atoms with Crippen molar-refractivity contribution < 1.29 is 19.1 Å². The summed E-state index contributed by atoms with van der Waals surface area (Å²) < 4.78 is 5.07. The fraction of sp³-hybridized carbons (Fsp3) is 0.0952. The molecule has 1 heterocycles. The van der Waals surface area contributed by atoms with Crippen molar-refractivity contribution in [3.05, 3.63) is 82.0 Å². The Kier molecular flexibility index (Phi) is 6.18. The minimum atomic E-state index is -0.646. The first-order valence-electron chi connectivity index (χ1n) is 8.50. The largest absolute Gasteiger partial charge is 0.452 e. The second-order valence-corrected chi connectivity index (χ2v) is 6.90. The summed E-state index contributed by atoms with van der Waals surface area (Å²) in [6, 6.07) is 17.2. The van der Waals surface area contributed by atoms with Crippen molar-refractivity contribution in [3.63, 3.8) is 0 Å². The molecule has 28 heavy (non-hydrogen) atoms. The number of ether oxygens (including phenoxy) is 1. The summed E-state index contributed by atoms with van der Waals surface area (Å²) in [5, 5.41) is 7.24. The van der Waals surface area contributed by atoms with E-state index in [1.165, 1.54) is 17.4 Å². The van der Waals surface area contributed by atoms with Crippen LogP contribution in [0.2, 0.25) is 0 Å². The van der Waals surface area contributed by atoms with Crippen molar-refractivity contribution >= 4 is 40.5 Å². The van der Waals surface area contributed by atoms with Crippen LogP contribution in [-0.4, -0.2) is 24.4 Å². The van der Waals surface area contributed by atoms with Crippen LogP contribution in [0.1, 0.15) is 25.6 Å². The summed E-state index contributed by atoms with van der Waals surface area (Å²) in [7, 11) is 0. The molecule has 0 unspecified atom stereocenters. The van der Waals surface area contributed by atoms with Gasteiger partial charge in [-0.15, -0.1) is 11.3 Å². The summed E-state index contributed by atoms with van der Waals surface area (Å²) >= 11 is 1.33. The third-order valence-electron chi connectivity index (χ3n) is 3.85. The third kappa shape index (κ3) is 5.05. The maximum atomic E-state index is 12.2. The van der Waals surface area contributed by atoms with Gasteiger partial charge in [0.05, 0.1) is 10.4 Å². The van der Waals surface area contributed by atoms with Gasteiger partial charge < -0.3 is 15.4 Å². The maximum absolute atomic E-state index is 12.2. The Morgan fingerprint density at radius 1 is 0.964 bits per heavy atom. The highest BCUT2D eigenvalue weighted by atomic mass is 32.1. The molecule has 0 spiro atoms. The van der Waals surface area contributed by atoms with E-state index in [1.807, 2.05) is 30.5 Å². The van der Waals surface area contributed by atoms with E-state index in [0.717, 1.165) is 5.56 Å². The van der Waals surface area contributed by atoms with Crippen molar-refractivity contribution in [3.8, 4) is 0 Å². The molecule has 3 rings (SSSR count). The zero-order chi connectivity index (χ0) is 19.9. The van der Waals surface area contributed by atoms with Crippen LogP contribution in [0.3, 0.4) is 0 Å². The number of hydrogen-bond acceptors (Lipinski definition) is 5. The van der Waals surface area contributed by atoms with E-state index >= 15 is 0 Å². The Balaban J connectivity index is 1.56. The Morgan fingerprint density at radius 3 is 2.54 bits per heavy atom. The highest BCUT2D eigenvalue weighted by Gasteiger charge is 2.13. The van der Waals surface area contributed by atoms with E-state index in [0.29, 0.717) is 16.3 Å². The van der Waals surface area contributed by atoms with Crippen LogP contribution < -0.4 is 10.6 Å². The summed E-state index contributed by atoms with van der Waals surface area (Å²) in [5.41, 5.74) is 2.29. The molecule has 0 atom stereocenters. The SMILES string of the molecule is Cc1ccccc1NC(=O)COC(=O)c1cccc(NC(=O)c2cccs2)c1. The van der Waals surface area contributed by atoms with Gasteiger partial charge in [0.1, 0.15) is 0 Å². The molecule has 6 nitrogen and oxygen atoms in total. The fourth-order valence-electron chi connectivity index (χ4n) is 2.44. The average Bonchev–Trinajstić information content (AvgIpc) is 3.23. The number of anilines is 2. The Bertz CT molecular complexity index is 999. The number of nitrogens with one attached hydrogen (secondary N) is 2. The first-order chi connectivity index (χ1) is 13.5. The normalized spacial score (nSPS) is 10.2. The number of rotatable bonds is 6. The predicted octanol–water partition coefficient (Wildman–Crippen LogP) is 4.10. The van der Waals surface area contributed by atoms with Gasteiger partial charge in [-0.25, -0.2) is 4.79 Å². The maximum Gasteiger partial charge on any atom is 0.338 e. The summed E-state index contributed by atoms with van der Waals surface area (Å²) in [6.45, 7) is 1.47. The molecular formula is C21H18N2O4S. The highest BCUT2D eigenvalue weighted by Crippen LogP contribution is 2.16. The lowest BCUT2D eigenvalue weighted by Gasteiger charge is -2.09. The minimum Gasteiger partial charge on any atom is -0.452 e. The number of para-hydroxylation sites is 1. The molecule has 0 bridgehead atoms. The highest BCUT2D eigenvalue weighted by molar-refractivity contribution is 7.12. The van der Waals surface area contributed by atoms with Crippen molar-refractivity contribution in [2.45, 2.75) is 6.92 Å². The van der Waals surface area contributed by atoms with Gasteiger partial charge >= 0.3 is 5.97 Å². The second kappa shape index (κ2) is 8.96. The molecular weight excluding hydrogens is 376 g/mol. The van der Waals surface area contributed by atoms with E-state index < -0.39 is 18.5 Å². The number of hydrogen-bond donors (Lipinski definition) is 2. The van der Waals surface area contributed by atoms with Crippen LogP contribution in [0.4, 0.5) is 11.4 Å². The molecule has 3 aromatic rings. The zero-order valence-corrected chi connectivity index (χ0v) is 15.9. The van der Waals surface area contributed by atoms with Gasteiger partial charge in [0.2, 0.25) is 0 Å². The van der Waals surface area contributed by atoms with Crippen molar-refractivity contribution in [2.24, 2.45) is 0 Å². The molecule has 0 radical (unpaired) electrons. The topological polar surface area (TPSA) is 84.5 Å². The first kappa shape index (κ1) is 19.3. The molecule has 0 fully saturated rings. The first-order valence-corrected chi connectivity index (χ1v) is 9.38. The molecule has 1 aromatic heterocycles. The van der Waals surface area contributed by atoms with Crippen LogP contribution in [0.5, 0.6) is 0 Å². The van der Waals surface area contributed by atoms with Crippen LogP contribution in [0, 0.1) is 6.92 Å². The summed E-state index contributed by atoms with van der Waals surface area (Å²) in [5.74, 6) is -1.32. The summed E-state index contributed by atoms with van der Waals surface area (Å²) in [4.78, 5) is 36.9. The number of carbonyl (C=O) groups excluding carboxylic acids is 3. The average molecular weight is 394 g/mol. The van der Waals surface area contributed by atoms with Gasteiger partial charge in [-0.2, -0.15) is 0 Å². The Labute approximate surface area is 166 Å². The van der Waals surface area contributed by atoms with Crippen LogP contribution >= 0.6 is 11.3 Å². The van der Waals surface area contributed by atoms with Gasteiger partial charge in [0.15, 0.2) is 6.61 Å². The van der Waals surface area contributed by atoms with E-state index in [9.17, 15) is 14.4 Å². The molecule has 2 amide bonds. The monoisotopic (exact) mass is 394 g/mol. The van der Waals surface area contributed by atoms with Gasteiger partial charge in [0, 0.05) is 11.4 Å². The number of esters is 1. The van der Waals surface area contributed by atoms with E-state index in [1.54, 1.807) is 36.4 Å². The van der Waals surface area contributed by atoms with Gasteiger partial charge in [-0.1, -0.05) is 30.3 Å². The molecule has 0 aliphatic heterocycles. The fourth-order valence-corrected chi connectivity index (χ4v) is 3.06. The van der Waals surface area contributed by atoms with Gasteiger partial charge in [-0.3, -0.25) is 9.59 Å². The summed E-state index contributed by atoms with van der Waals surface area (Å²) in [6.07, 6.45) is 0. The number of carbonyl (C=O) groups is 3. The quantitative estimate of drug-likeness (QED) is 0.617. The number of aryl methyl sites for hydroxylation is 1. The van der Waals surface area contributed by atoms with E-state index in [2.05, 4.69) is 10.6 Å². The van der Waals surface area contributed by atoms with E-state index in [-0.39, 0.29) is 11.5 Å². The molecule has 142 valence electrons. The van der Waals surface area contributed by atoms with Crippen molar-refractivity contribution in [1.82, 2.24) is 0 Å². The van der Waals surface area contributed by atoms with Crippen molar-refractivity contribution in [2.75, 3.05) is 17.2 Å². The molecule has 7 heteroatoms. The molecule has 0 aliphatic rings. The third-order valence-corrected chi connectivity index (χ3v) is 4.72. The van der Waals surface area contributed by atoms with Gasteiger partial charge in [0.25, 0.3) is 11.8 Å². The standard InChI is InChI=1S/C21H18N2O4S/c1-14-6-2-3-9-17(14)23-19(24)13-27-21(26)15-7-4-8-16(12-15)22-20(25)18-10-5-11-28-18/h2-12H,13H2,1H3,(H,22,25)(H,23,24). The number of thiophene rings is 1.